The summed E-state index contributed by atoms with van der Waals surface area (Å²) in [4.78, 5) is 19.3. The number of pyridine rings is 1. The van der Waals surface area contributed by atoms with Crippen molar-refractivity contribution in [2.24, 2.45) is 0 Å². The number of nitrogens with zero attached hydrogens (tertiary/aromatic N) is 2. The molecular formula is C18H23Cl2N3O. The molecule has 1 aliphatic heterocycles. The van der Waals surface area contributed by atoms with Gasteiger partial charge in [0.25, 0.3) is 5.91 Å². The monoisotopic (exact) mass is 367 g/mol. The zero-order valence-electron chi connectivity index (χ0n) is 13.9. The molecule has 1 amide bonds. The molecule has 0 aliphatic carbocycles. The number of amides is 1. The zero-order valence-corrected chi connectivity index (χ0v) is 15.5. The van der Waals surface area contributed by atoms with Crippen LogP contribution in [0.25, 0.3) is 11.3 Å². The zero-order chi connectivity index (χ0) is 15.5. The maximum Gasteiger partial charge on any atom is 0.256 e. The van der Waals surface area contributed by atoms with Gasteiger partial charge in [-0.15, -0.1) is 24.8 Å². The number of carbonyl (C=O) groups excluding carboxylic acids is 1. The molecule has 6 heteroatoms. The van der Waals surface area contributed by atoms with E-state index in [4.69, 9.17) is 0 Å². The predicted octanol–water partition coefficient (Wildman–Crippen LogP) is 3.33. The van der Waals surface area contributed by atoms with Crippen LogP contribution in [0.15, 0.2) is 42.5 Å². The van der Waals surface area contributed by atoms with Crippen LogP contribution in [0.4, 0.5) is 0 Å². The molecule has 0 radical (unpaired) electrons. The summed E-state index contributed by atoms with van der Waals surface area (Å²) in [5.41, 5.74) is 3.47. The molecule has 4 nitrogen and oxygen atoms in total. The van der Waals surface area contributed by atoms with Crippen LogP contribution in [0.1, 0.15) is 23.0 Å². The van der Waals surface area contributed by atoms with Crippen LogP contribution in [0.2, 0.25) is 0 Å². The second-order valence-electron chi connectivity index (χ2n) is 5.75. The van der Waals surface area contributed by atoms with Gasteiger partial charge in [0, 0.05) is 31.2 Å². The third-order valence-electron chi connectivity index (χ3n) is 4.15. The number of benzene rings is 1. The molecule has 1 atom stereocenters. The van der Waals surface area contributed by atoms with Crippen LogP contribution in [0.3, 0.4) is 0 Å². The number of piperazine rings is 1. The van der Waals surface area contributed by atoms with Gasteiger partial charge in [-0.1, -0.05) is 30.3 Å². The van der Waals surface area contributed by atoms with Crippen molar-refractivity contribution < 1.29 is 4.79 Å². The summed E-state index contributed by atoms with van der Waals surface area (Å²) in [6.07, 6.45) is 0. The Kier molecular flexibility index (Phi) is 7.67. The van der Waals surface area contributed by atoms with Crippen molar-refractivity contribution in [2.45, 2.75) is 19.9 Å². The minimum Gasteiger partial charge on any atom is -0.333 e. The summed E-state index contributed by atoms with van der Waals surface area (Å²) < 4.78 is 0. The first-order valence-electron chi connectivity index (χ1n) is 7.71. The number of hydrogen-bond donors (Lipinski definition) is 1. The molecule has 3 rings (SSSR count). The summed E-state index contributed by atoms with van der Waals surface area (Å²) in [6, 6.07) is 14.1. The van der Waals surface area contributed by atoms with E-state index in [-0.39, 0.29) is 36.8 Å². The van der Waals surface area contributed by atoms with E-state index in [0.29, 0.717) is 5.56 Å². The van der Waals surface area contributed by atoms with Crippen molar-refractivity contribution in [3.63, 3.8) is 0 Å². The minimum atomic E-state index is 0. The normalized spacial score (nSPS) is 16.8. The van der Waals surface area contributed by atoms with E-state index >= 15 is 0 Å². The highest BCUT2D eigenvalue weighted by Crippen LogP contribution is 2.20. The van der Waals surface area contributed by atoms with Crippen LogP contribution in [-0.4, -0.2) is 41.5 Å². The van der Waals surface area contributed by atoms with Crippen molar-refractivity contribution >= 4 is 30.7 Å². The highest BCUT2D eigenvalue weighted by Gasteiger charge is 2.25. The van der Waals surface area contributed by atoms with E-state index in [1.54, 1.807) is 0 Å². The fourth-order valence-corrected chi connectivity index (χ4v) is 2.85. The van der Waals surface area contributed by atoms with Gasteiger partial charge in [0.1, 0.15) is 0 Å². The van der Waals surface area contributed by atoms with Crippen molar-refractivity contribution in [2.75, 3.05) is 19.6 Å². The average Bonchev–Trinajstić information content (AvgIpc) is 2.55. The van der Waals surface area contributed by atoms with Gasteiger partial charge in [0.2, 0.25) is 0 Å². The molecule has 0 spiro atoms. The summed E-state index contributed by atoms with van der Waals surface area (Å²) in [5.74, 6) is 0.0820. The Balaban J connectivity index is 0.00000144. The van der Waals surface area contributed by atoms with Crippen LogP contribution >= 0.6 is 24.8 Å². The van der Waals surface area contributed by atoms with Gasteiger partial charge in [-0.3, -0.25) is 9.78 Å². The van der Waals surface area contributed by atoms with E-state index in [9.17, 15) is 4.79 Å². The van der Waals surface area contributed by atoms with Gasteiger partial charge in [-0.25, -0.2) is 0 Å². The molecule has 1 N–H and O–H groups in total. The summed E-state index contributed by atoms with van der Waals surface area (Å²) in [5, 5.41) is 3.31. The fourth-order valence-electron chi connectivity index (χ4n) is 2.85. The molecule has 0 unspecified atom stereocenters. The van der Waals surface area contributed by atoms with E-state index in [0.717, 1.165) is 36.6 Å². The van der Waals surface area contributed by atoms with E-state index in [1.165, 1.54) is 0 Å². The second kappa shape index (κ2) is 9.02. The lowest BCUT2D eigenvalue weighted by atomic mass is 10.1. The number of hydrogen-bond acceptors (Lipinski definition) is 3. The molecular weight excluding hydrogens is 345 g/mol. The Morgan fingerprint density at radius 1 is 1.17 bits per heavy atom. The largest absolute Gasteiger partial charge is 0.333 e. The van der Waals surface area contributed by atoms with E-state index in [1.807, 2.05) is 54.3 Å². The predicted molar refractivity (Wildman–Crippen MR) is 102 cm³/mol. The molecule has 0 bridgehead atoms. The fraction of sp³-hybridized carbons (Fsp3) is 0.333. The highest BCUT2D eigenvalue weighted by atomic mass is 35.5. The number of aryl methyl sites for hydroxylation is 1. The van der Waals surface area contributed by atoms with E-state index < -0.39 is 0 Å². The summed E-state index contributed by atoms with van der Waals surface area (Å²) in [6.45, 7) is 6.43. The average molecular weight is 368 g/mol. The van der Waals surface area contributed by atoms with Gasteiger partial charge >= 0.3 is 0 Å². The Morgan fingerprint density at radius 3 is 2.50 bits per heavy atom. The standard InChI is InChI=1S/C18H21N3O.2ClH/c1-13-12-19-10-11-21(13)18(22)16-8-9-17(20-14(16)2)15-6-4-3-5-7-15;;/h3-9,13,19H,10-12H2,1-2H3;2*1H/t13-;;/m0../s1. The van der Waals surface area contributed by atoms with Crippen LogP contribution in [0.5, 0.6) is 0 Å². The lowest BCUT2D eigenvalue weighted by Gasteiger charge is -2.34. The van der Waals surface area contributed by atoms with Gasteiger partial charge in [-0.05, 0) is 26.0 Å². The molecule has 1 aromatic carbocycles. The van der Waals surface area contributed by atoms with E-state index in [2.05, 4.69) is 17.2 Å². The van der Waals surface area contributed by atoms with Crippen LogP contribution < -0.4 is 5.32 Å². The SMILES string of the molecule is Cc1nc(-c2ccccc2)ccc1C(=O)N1CCNC[C@@H]1C.Cl.Cl. The number of rotatable bonds is 2. The molecule has 1 fully saturated rings. The lowest BCUT2D eigenvalue weighted by Crippen LogP contribution is -2.52. The molecule has 24 heavy (non-hydrogen) atoms. The van der Waals surface area contributed by atoms with Crippen LogP contribution in [0, 0.1) is 6.92 Å². The lowest BCUT2D eigenvalue weighted by molar-refractivity contribution is 0.0654. The van der Waals surface area contributed by atoms with Gasteiger partial charge in [-0.2, -0.15) is 0 Å². The third-order valence-corrected chi connectivity index (χ3v) is 4.15. The number of aromatic nitrogens is 1. The molecule has 2 aromatic rings. The maximum absolute atomic E-state index is 12.7. The minimum absolute atomic E-state index is 0. The molecule has 130 valence electrons. The number of carbonyl (C=O) groups is 1. The Bertz CT molecular complexity index is 679. The van der Waals surface area contributed by atoms with Crippen LogP contribution in [-0.2, 0) is 0 Å². The second-order valence-corrected chi connectivity index (χ2v) is 5.75. The molecule has 0 saturated carbocycles. The van der Waals surface area contributed by atoms with Gasteiger partial charge in [0.15, 0.2) is 0 Å². The summed E-state index contributed by atoms with van der Waals surface area (Å²) in [7, 11) is 0. The first kappa shape index (κ1) is 20.4. The Hall–Kier alpha value is -1.62. The maximum atomic E-state index is 12.7. The Morgan fingerprint density at radius 2 is 1.88 bits per heavy atom. The molecule has 1 aromatic heterocycles. The van der Waals surface area contributed by atoms with Crippen molar-refractivity contribution in [3.05, 3.63) is 53.7 Å². The molecule has 1 saturated heterocycles. The van der Waals surface area contributed by atoms with Crippen molar-refractivity contribution in [1.29, 1.82) is 0 Å². The molecule has 1 aliphatic rings. The third kappa shape index (κ3) is 4.26. The smallest absolute Gasteiger partial charge is 0.256 e. The number of halogens is 2. The van der Waals surface area contributed by atoms with Gasteiger partial charge < -0.3 is 10.2 Å². The quantitative estimate of drug-likeness (QED) is 0.885. The van der Waals surface area contributed by atoms with Crippen molar-refractivity contribution in [3.8, 4) is 11.3 Å². The Labute approximate surface area is 155 Å². The highest BCUT2D eigenvalue weighted by molar-refractivity contribution is 5.95. The molecule has 2 heterocycles. The summed E-state index contributed by atoms with van der Waals surface area (Å²) >= 11 is 0. The first-order chi connectivity index (χ1) is 10.7. The number of nitrogens with one attached hydrogen (secondary N) is 1. The topological polar surface area (TPSA) is 45.2 Å². The van der Waals surface area contributed by atoms with Crippen molar-refractivity contribution in [1.82, 2.24) is 15.2 Å². The first-order valence-corrected chi connectivity index (χ1v) is 7.71. The van der Waals surface area contributed by atoms with Gasteiger partial charge in [0.05, 0.1) is 17.0 Å².